The van der Waals surface area contributed by atoms with Crippen LogP contribution in [0.3, 0.4) is 0 Å². The van der Waals surface area contributed by atoms with Crippen molar-refractivity contribution in [3.05, 3.63) is 59.7 Å². The monoisotopic (exact) mass is 424 g/mol. The fourth-order valence-electron chi connectivity index (χ4n) is 4.05. The van der Waals surface area contributed by atoms with Gasteiger partial charge in [0.2, 0.25) is 0 Å². The molecule has 30 heavy (non-hydrogen) atoms. The standard InChI is InChI=1S/C22H29N6OP/c1-3-25(4-2)22(29)18-11-9-17(10-12-18)21(26-13-15-27(30)16-14-26)28-20-8-6-5-7-19(20)23-24-28/h5-12,21H,3-4,13-16,30H2,1-2H3. The minimum absolute atomic E-state index is 0.0614. The highest BCUT2D eigenvalue weighted by Gasteiger charge is 2.28. The SMILES string of the molecule is CCN(CC)C(=O)c1ccc(C(N2CCN(P)CC2)n2nnc3ccccc32)cc1. The van der Waals surface area contributed by atoms with Crippen molar-refractivity contribution in [3.63, 3.8) is 0 Å². The zero-order valence-corrected chi connectivity index (χ0v) is 18.8. The lowest BCUT2D eigenvalue weighted by Gasteiger charge is -2.38. The molecular weight excluding hydrogens is 395 g/mol. The van der Waals surface area contributed by atoms with Gasteiger partial charge in [-0.2, -0.15) is 0 Å². The summed E-state index contributed by atoms with van der Waals surface area (Å²) in [5.41, 5.74) is 3.73. The van der Waals surface area contributed by atoms with Crippen molar-refractivity contribution >= 4 is 26.3 Å². The number of carbonyl (C=O) groups excluding carboxylic acids is 1. The Hall–Kier alpha value is -2.34. The molecule has 1 aliphatic heterocycles. The number of fused-ring (bicyclic) bond motifs is 1. The van der Waals surface area contributed by atoms with Crippen LogP contribution in [0.1, 0.15) is 35.9 Å². The van der Waals surface area contributed by atoms with Gasteiger partial charge in [0.15, 0.2) is 0 Å². The zero-order chi connectivity index (χ0) is 21.1. The average Bonchev–Trinajstić information content (AvgIpc) is 3.20. The molecule has 1 aliphatic rings. The second-order valence-corrected chi connectivity index (χ2v) is 8.30. The zero-order valence-electron chi connectivity index (χ0n) is 17.6. The molecule has 2 unspecified atom stereocenters. The summed E-state index contributed by atoms with van der Waals surface area (Å²) < 4.78 is 4.27. The first kappa shape index (κ1) is 20.9. The summed E-state index contributed by atoms with van der Waals surface area (Å²) in [6, 6.07) is 16.1. The van der Waals surface area contributed by atoms with Crippen LogP contribution in [-0.2, 0) is 0 Å². The second-order valence-electron chi connectivity index (χ2n) is 7.57. The van der Waals surface area contributed by atoms with Crippen molar-refractivity contribution in [2.24, 2.45) is 0 Å². The third-order valence-electron chi connectivity index (χ3n) is 5.81. The first-order valence-electron chi connectivity index (χ1n) is 10.5. The van der Waals surface area contributed by atoms with Gasteiger partial charge in [0, 0.05) is 44.8 Å². The van der Waals surface area contributed by atoms with Crippen molar-refractivity contribution < 1.29 is 4.79 Å². The van der Waals surface area contributed by atoms with Crippen molar-refractivity contribution in [1.29, 1.82) is 0 Å². The largest absolute Gasteiger partial charge is 0.339 e. The number of hydrogen-bond donors (Lipinski definition) is 0. The summed E-state index contributed by atoms with van der Waals surface area (Å²) in [6.45, 7) is 9.26. The van der Waals surface area contributed by atoms with Gasteiger partial charge in [0.25, 0.3) is 5.91 Å². The molecule has 1 aromatic heterocycles. The van der Waals surface area contributed by atoms with E-state index >= 15 is 0 Å². The average molecular weight is 424 g/mol. The lowest BCUT2D eigenvalue weighted by Crippen LogP contribution is -2.46. The van der Waals surface area contributed by atoms with Gasteiger partial charge in [-0.3, -0.25) is 14.4 Å². The maximum absolute atomic E-state index is 12.7. The van der Waals surface area contributed by atoms with Crippen molar-refractivity contribution in [2.45, 2.75) is 20.0 Å². The highest BCUT2D eigenvalue weighted by atomic mass is 31.0. The molecule has 1 amide bonds. The van der Waals surface area contributed by atoms with E-state index in [9.17, 15) is 4.79 Å². The molecular formula is C22H29N6OP. The number of hydrogen-bond acceptors (Lipinski definition) is 5. The Kier molecular flexibility index (Phi) is 6.42. The van der Waals surface area contributed by atoms with Gasteiger partial charge in [0.1, 0.15) is 11.7 Å². The third-order valence-corrected chi connectivity index (χ3v) is 6.33. The van der Waals surface area contributed by atoms with Crippen LogP contribution >= 0.6 is 9.39 Å². The molecule has 8 heteroatoms. The number of rotatable bonds is 6. The quantitative estimate of drug-likeness (QED) is 0.570. The Morgan fingerprint density at radius 3 is 2.37 bits per heavy atom. The number of piperazine rings is 1. The van der Waals surface area contributed by atoms with Gasteiger partial charge in [-0.25, -0.2) is 4.68 Å². The first-order chi connectivity index (χ1) is 14.6. The lowest BCUT2D eigenvalue weighted by atomic mass is 10.1. The van der Waals surface area contributed by atoms with Gasteiger partial charge < -0.3 is 4.90 Å². The van der Waals surface area contributed by atoms with Gasteiger partial charge in [-0.05, 0) is 43.7 Å². The summed E-state index contributed by atoms with van der Waals surface area (Å²) in [7, 11) is 2.80. The van der Waals surface area contributed by atoms with E-state index in [1.165, 1.54) is 0 Å². The third kappa shape index (κ3) is 4.10. The Labute approximate surface area is 179 Å². The normalized spacial score (nSPS) is 16.6. The molecule has 7 nitrogen and oxygen atoms in total. The van der Waals surface area contributed by atoms with E-state index in [1.54, 1.807) is 0 Å². The van der Waals surface area contributed by atoms with E-state index in [4.69, 9.17) is 0 Å². The molecule has 0 bridgehead atoms. The minimum atomic E-state index is -0.0614. The van der Waals surface area contributed by atoms with Crippen LogP contribution in [0.15, 0.2) is 48.5 Å². The highest BCUT2D eigenvalue weighted by Crippen LogP contribution is 2.28. The number of carbonyl (C=O) groups is 1. The highest BCUT2D eigenvalue weighted by molar-refractivity contribution is 7.13. The number of para-hydroxylation sites is 1. The molecule has 0 saturated carbocycles. The summed E-state index contributed by atoms with van der Waals surface area (Å²) in [5, 5.41) is 8.89. The van der Waals surface area contributed by atoms with Crippen LogP contribution in [0.2, 0.25) is 0 Å². The van der Waals surface area contributed by atoms with E-state index in [0.717, 1.165) is 48.3 Å². The molecule has 2 aromatic carbocycles. The van der Waals surface area contributed by atoms with E-state index in [0.29, 0.717) is 13.1 Å². The lowest BCUT2D eigenvalue weighted by molar-refractivity contribution is 0.0773. The molecule has 1 saturated heterocycles. The maximum Gasteiger partial charge on any atom is 0.253 e. The molecule has 2 atom stereocenters. The molecule has 0 radical (unpaired) electrons. The molecule has 0 N–H and O–H groups in total. The summed E-state index contributed by atoms with van der Waals surface area (Å²) >= 11 is 0. The van der Waals surface area contributed by atoms with Crippen LogP contribution in [0.4, 0.5) is 0 Å². The molecule has 0 aliphatic carbocycles. The second kappa shape index (κ2) is 9.21. The fourth-order valence-corrected chi connectivity index (χ4v) is 4.28. The topological polar surface area (TPSA) is 57.5 Å². The number of amides is 1. The number of benzene rings is 2. The molecule has 158 valence electrons. The van der Waals surface area contributed by atoms with E-state index in [1.807, 2.05) is 53.8 Å². The van der Waals surface area contributed by atoms with E-state index in [-0.39, 0.29) is 12.1 Å². The Balaban J connectivity index is 1.70. The van der Waals surface area contributed by atoms with Crippen molar-refractivity contribution in [2.75, 3.05) is 39.3 Å². The molecule has 2 heterocycles. The Morgan fingerprint density at radius 1 is 1.03 bits per heavy atom. The van der Waals surface area contributed by atoms with Crippen molar-refractivity contribution in [3.8, 4) is 0 Å². The van der Waals surface area contributed by atoms with Gasteiger partial charge >= 0.3 is 0 Å². The number of nitrogens with zero attached hydrogens (tertiary/aromatic N) is 6. The van der Waals surface area contributed by atoms with Gasteiger partial charge in [-0.15, -0.1) is 5.10 Å². The summed E-state index contributed by atoms with van der Waals surface area (Å²) in [5.74, 6) is 0.0749. The molecule has 0 spiro atoms. The van der Waals surface area contributed by atoms with Crippen molar-refractivity contribution in [1.82, 2.24) is 29.5 Å². The van der Waals surface area contributed by atoms with Crippen LogP contribution in [-0.4, -0.2) is 74.6 Å². The Bertz CT molecular complexity index is 992. The van der Waals surface area contributed by atoms with Crippen LogP contribution < -0.4 is 0 Å². The summed E-state index contributed by atoms with van der Waals surface area (Å²) in [4.78, 5) is 17.0. The minimum Gasteiger partial charge on any atom is -0.339 e. The fraction of sp³-hybridized carbons (Fsp3) is 0.409. The number of aromatic nitrogens is 3. The predicted molar refractivity (Wildman–Crippen MR) is 122 cm³/mol. The van der Waals surface area contributed by atoms with Crippen LogP contribution in [0, 0.1) is 0 Å². The first-order valence-corrected chi connectivity index (χ1v) is 11.1. The smallest absolute Gasteiger partial charge is 0.253 e. The van der Waals surface area contributed by atoms with E-state index < -0.39 is 0 Å². The molecule has 1 fully saturated rings. The molecule has 4 rings (SSSR count). The van der Waals surface area contributed by atoms with Gasteiger partial charge in [-0.1, -0.05) is 38.9 Å². The van der Waals surface area contributed by atoms with E-state index in [2.05, 4.69) is 47.5 Å². The van der Waals surface area contributed by atoms with Gasteiger partial charge in [0.05, 0.1) is 5.52 Å². The molecule has 3 aromatic rings. The van der Waals surface area contributed by atoms with Crippen LogP contribution in [0.25, 0.3) is 11.0 Å². The predicted octanol–water partition coefficient (Wildman–Crippen LogP) is 2.87. The maximum atomic E-state index is 12.7. The van der Waals surface area contributed by atoms with Crippen LogP contribution in [0.5, 0.6) is 0 Å². The summed E-state index contributed by atoms with van der Waals surface area (Å²) in [6.07, 6.45) is -0.0614. The Morgan fingerprint density at radius 2 is 1.70 bits per heavy atom.